The molecule has 0 amide bonds. The zero-order valence-corrected chi connectivity index (χ0v) is 19.4. The first kappa shape index (κ1) is 21.1. The van der Waals surface area contributed by atoms with E-state index >= 15 is 0 Å². The number of hydrogen-bond acceptors (Lipinski definition) is 2. The van der Waals surface area contributed by atoms with Gasteiger partial charge in [-0.05, 0) is 51.7 Å². The van der Waals surface area contributed by atoms with Crippen LogP contribution in [0.2, 0.25) is 0 Å². The van der Waals surface area contributed by atoms with Gasteiger partial charge >= 0.3 is 0 Å². The largest absolute Gasteiger partial charge is 0.508 e. The lowest BCUT2D eigenvalue weighted by atomic mass is 9.80. The Balaban J connectivity index is 1.76. The number of H-pyrrole nitrogens is 1. The molecule has 3 heteroatoms. The summed E-state index contributed by atoms with van der Waals surface area (Å²) in [6.45, 7) is 0. The Morgan fingerprint density at radius 1 is 0.686 bits per heavy atom. The molecule has 0 aliphatic rings. The zero-order chi connectivity index (χ0) is 23.8. The van der Waals surface area contributed by atoms with Crippen molar-refractivity contribution in [3.63, 3.8) is 0 Å². The molecule has 0 unspecified atom stereocenters. The topological polar surface area (TPSA) is 45.2 Å². The van der Waals surface area contributed by atoms with Crippen LogP contribution in [0.3, 0.4) is 0 Å². The monoisotopic (exact) mass is 455 g/mol. The van der Waals surface area contributed by atoms with Crippen LogP contribution in [0.15, 0.2) is 115 Å². The van der Waals surface area contributed by atoms with Gasteiger partial charge in [0.15, 0.2) is 0 Å². The summed E-state index contributed by atoms with van der Waals surface area (Å²) in [6.07, 6.45) is 0. The fourth-order valence-corrected chi connectivity index (χ4v) is 5.18. The first-order valence-corrected chi connectivity index (χ1v) is 11.7. The zero-order valence-electron chi connectivity index (χ0n) is 19.4. The third-order valence-electron chi connectivity index (χ3n) is 6.76. The van der Waals surface area contributed by atoms with E-state index in [2.05, 4.69) is 71.7 Å². The van der Waals surface area contributed by atoms with E-state index in [1.54, 1.807) is 7.11 Å². The van der Waals surface area contributed by atoms with E-state index in [0.29, 0.717) is 0 Å². The Morgan fingerprint density at radius 3 is 2.26 bits per heavy atom. The van der Waals surface area contributed by atoms with Crippen molar-refractivity contribution in [3.8, 4) is 22.8 Å². The second-order valence-corrected chi connectivity index (χ2v) is 8.75. The Kier molecular flexibility index (Phi) is 5.23. The van der Waals surface area contributed by atoms with Crippen molar-refractivity contribution in [2.24, 2.45) is 0 Å². The van der Waals surface area contributed by atoms with Gasteiger partial charge in [-0.25, -0.2) is 0 Å². The summed E-state index contributed by atoms with van der Waals surface area (Å²) in [6, 6.07) is 39.0. The minimum absolute atomic E-state index is 0.234. The molecule has 1 aromatic heterocycles. The molecule has 5 aromatic carbocycles. The summed E-state index contributed by atoms with van der Waals surface area (Å²) in [7, 11) is 1.69. The highest BCUT2D eigenvalue weighted by Gasteiger charge is 2.28. The summed E-state index contributed by atoms with van der Waals surface area (Å²) in [4.78, 5) is 3.68. The highest BCUT2D eigenvalue weighted by atomic mass is 16.5. The van der Waals surface area contributed by atoms with Crippen molar-refractivity contribution in [1.82, 2.24) is 4.98 Å². The lowest BCUT2D eigenvalue weighted by Gasteiger charge is -2.23. The van der Waals surface area contributed by atoms with Crippen LogP contribution >= 0.6 is 0 Å². The van der Waals surface area contributed by atoms with Crippen LogP contribution in [-0.4, -0.2) is 17.2 Å². The minimum atomic E-state index is -0.234. The van der Waals surface area contributed by atoms with Crippen LogP contribution in [0, 0.1) is 0 Å². The fourth-order valence-electron chi connectivity index (χ4n) is 5.18. The van der Waals surface area contributed by atoms with Crippen molar-refractivity contribution in [3.05, 3.63) is 132 Å². The molecule has 6 aromatic rings. The number of aromatic amines is 1. The second kappa shape index (κ2) is 8.69. The molecule has 6 rings (SSSR count). The third-order valence-corrected chi connectivity index (χ3v) is 6.76. The van der Waals surface area contributed by atoms with E-state index < -0.39 is 0 Å². The number of ether oxygens (including phenoxy) is 1. The number of aromatic nitrogens is 1. The molecule has 0 bridgehead atoms. The van der Waals surface area contributed by atoms with Crippen molar-refractivity contribution < 1.29 is 9.84 Å². The number of aromatic hydroxyl groups is 1. The Morgan fingerprint density at radius 2 is 1.43 bits per heavy atom. The maximum atomic E-state index is 11.4. The number of rotatable bonds is 5. The van der Waals surface area contributed by atoms with Crippen LogP contribution in [0.4, 0.5) is 0 Å². The van der Waals surface area contributed by atoms with Gasteiger partial charge in [-0.15, -0.1) is 0 Å². The van der Waals surface area contributed by atoms with Crippen molar-refractivity contribution >= 4 is 21.7 Å². The van der Waals surface area contributed by atoms with E-state index in [-0.39, 0.29) is 11.7 Å². The van der Waals surface area contributed by atoms with Gasteiger partial charge in [0, 0.05) is 22.4 Å². The van der Waals surface area contributed by atoms with Gasteiger partial charge < -0.3 is 14.8 Å². The summed E-state index contributed by atoms with van der Waals surface area (Å²) in [5.41, 5.74) is 6.29. The molecule has 1 atom stereocenters. The van der Waals surface area contributed by atoms with Gasteiger partial charge in [-0.1, -0.05) is 91.0 Å². The molecule has 35 heavy (non-hydrogen) atoms. The van der Waals surface area contributed by atoms with Gasteiger partial charge in [-0.3, -0.25) is 0 Å². The lowest BCUT2D eigenvalue weighted by Crippen LogP contribution is -2.06. The van der Waals surface area contributed by atoms with Crippen LogP contribution in [-0.2, 0) is 0 Å². The average molecular weight is 456 g/mol. The predicted octanol–water partition coefficient (Wildman–Crippen LogP) is 7.88. The average Bonchev–Trinajstić information content (AvgIpc) is 3.30. The molecule has 0 aliphatic carbocycles. The number of benzene rings is 5. The molecular formula is C32H25NO2. The number of fused-ring (bicyclic) bond motifs is 2. The van der Waals surface area contributed by atoms with E-state index in [0.717, 1.165) is 55.4 Å². The maximum absolute atomic E-state index is 11.4. The molecule has 2 N–H and O–H groups in total. The maximum Gasteiger partial charge on any atom is 0.120 e. The number of phenols is 1. The van der Waals surface area contributed by atoms with Gasteiger partial charge in [0.2, 0.25) is 0 Å². The molecule has 0 saturated heterocycles. The fraction of sp³-hybridized carbons (Fsp3) is 0.0625. The second-order valence-electron chi connectivity index (χ2n) is 8.75. The Bertz CT molecular complexity index is 1650. The first-order chi connectivity index (χ1) is 17.2. The van der Waals surface area contributed by atoms with Crippen molar-refractivity contribution in [2.45, 2.75) is 5.92 Å². The molecule has 3 nitrogen and oxygen atoms in total. The van der Waals surface area contributed by atoms with E-state index in [1.807, 2.05) is 48.5 Å². The van der Waals surface area contributed by atoms with Crippen LogP contribution in [0.25, 0.3) is 32.9 Å². The summed E-state index contributed by atoms with van der Waals surface area (Å²) < 4.78 is 5.61. The molecule has 0 fully saturated rings. The van der Waals surface area contributed by atoms with E-state index in [9.17, 15) is 5.11 Å². The summed E-state index contributed by atoms with van der Waals surface area (Å²) in [5.74, 6) is 0.830. The number of methoxy groups -OCH3 is 1. The van der Waals surface area contributed by atoms with Gasteiger partial charge in [0.1, 0.15) is 11.5 Å². The molecule has 170 valence electrons. The summed E-state index contributed by atoms with van der Waals surface area (Å²) >= 11 is 0. The number of para-hydroxylation sites is 1. The molecule has 0 radical (unpaired) electrons. The van der Waals surface area contributed by atoms with Crippen molar-refractivity contribution in [2.75, 3.05) is 7.11 Å². The number of nitrogens with one attached hydrogen (secondary N) is 1. The normalized spacial score (nSPS) is 12.1. The number of phenolic OH excluding ortho intramolecular Hbond substituents is 1. The SMILES string of the molecule is COc1cccc([C@@H](c2c(O)ccc3ccccc23)c2c(-c3ccccc3)[nH]c3ccccc23)c1. The van der Waals surface area contributed by atoms with E-state index in [4.69, 9.17) is 4.74 Å². The Labute approximate surface area is 204 Å². The van der Waals surface area contributed by atoms with Gasteiger partial charge in [-0.2, -0.15) is 0 Å². The minimum Gasteiger partial charge on any atom is -0.508 e. The number of hydrogen-bond donors (Lipinski definition) is 2. The van der Waals surface area contributed by atoms with Crippen LogP contribution in [0.1, 0.15) is 22.6 Å². The smallest absolute Gasteiger partial charge is 0.120 e. The lowest BCUT2D eigenvalue weighted by molar-refractivity contribution is 0.414. The Hall–Kier alpha value is -4.50. The highest BCUT2D eigenvalue weighted by molar-refractivity contribution is 5.95. The van der Waals surface area contributed by atoms with Gasteiger partial charge in [0.05, 0.1) is 12.8 Å². The molecule has 1 heterocycles. The molecule has 0 aliphatic heterocycles. The quantitative estimate of drug-likeness (QED) is 0.278. The van der Waals surface area contributed by atoms with Crippen LogP contribution in [0.5, 0.6) is 11.5 Å². The molecular weight excluding hydrogens is 430 g/mol. The third kappa shape index (κ3) is 3.62. The van der Waals surface area contributed by atoms with Crippen LogP contribution < -0.4 is 4.74 Å². The van der Waals surface area contributed by atoms with Crippen molar-refractivity contribution in [1.29, 1.82) is 0 Å². The predicted molar refractivity (Wildman–Crippen MR) is 143 cm³/mol. The standard InChI is InChI=1S/C32H25NO2/c1-35-24-14-9-13-23(20-24)29(30-25-15-6-5-10-21(25)18-19-28(30)34)31-26-16-7-8-17-27(26)33-32(31)22-11-3-2-4-12-22/h2-20,29,33-34H,1H3/t29-/m0/s1. The van der Waals surface area contributed by atoms with Gasteiger partial charge in [0.25, 0.3) is 0 Å². The van der Waals surface area contributed by atoms with E-state index in [1.165, 1.54) is 0 Å². The molecule has 0 saturated carbocycles. The molecule has 0 spiro atoms. The first-order valence-electron chi connectivity index (χ1n) is 11.7. The highest BCUT2D eigenvalue weighted by Crippen LogP contribution is 2.47. The summed E-state index contributed by atoms with van der Waals surface area (Å²) in [5, 5.41) is 14.6.